The molecule has 5 heteroatoms. The molecule has 1 fully saturated rings. The van der Waals surface area contributed by atoms with Gasteiger partial charge >= 0.3 is 5.97 Å². The Morgan fingerprint density at radius 2 is 2.29 bits per heavy atom. The lowest BCUT2D eigenvalue weighted by atomic mass is 10.2. The minimum absolute atomic E-state index is 0.160. The van der Waals surface area contributed by atoms with E-state index in [0.717, 1.165) is 17.9 Å². The van der Waals surface area contributed by atoms with Gasteiger partial charge in [0.1, 0.15) is 6.04 Å². The molecule has 0 aromatic heterocycles. The van der Waals surface area contributed by atoms with Gasteiger partial charge in [-0.15, -0.1) is 0 Å². The largest absolute Gasteiger partial charge is 0.468 e. The third-order valence-electron chi connectivity index (χ3n) is 2.76. The lowest BCUT2D eigenvalue weighted by Crippen LogP contribution is -2.39. The van der Waals surface area contributed by atoms with Crippen LogP contribution in [0, 0.1) is 5.92 Å². The first-order valence-electron chi connectivity index (χ1n) is 6.19. The Kier molecular flexibility index (Phi) is 6.92. The Bertz CT molecular complexity index is 234. The van der Waals surface area contributed by atoms with Crippen molar-refractivity contribution >= 4 is 17.7 Å². The van der Waals surface area contributed by atoms with Crippen LogP contribution in [0.5, 0.6) is 0 Å². The molecule has 2 N–H and O–H groups in total. The van der Waals surface area contributed by atoms with Crippen molar-refractivity contribution in [1.29, 1.82) is 0 Å². The van der Waals surface area contributed by atoms with Gasteiger partial charge in [0.25, 0.3) is 0 Å². The molecule has 1 aliphatic rings. The fourth-order valence-electron chi connectivity index (χ4n) is 1.48. The van der Waals surface area contributed by atoms with Gasteiger partial charge in [-0.2, -0.15) is 11.8 Å². The second-order valence-corrected chi connectivity index (χ2v) is 5.82. The summed E-state index contributed by atoms with van der Waals surface area (Å²) in [5, 5.41) is 12.2. The van der Waals surface area contributed by atoms with Crippen LogP contribution in [0.25, 0.3) is 0 Å². The van der Waals surface area contributed by atoms with Crippen molar-refractivity contribution in [1.82, 2.24) is 5.32 Å². The number of nitrogens with one attached hydrogen (secondary N) is 1. The molecule has 0 aromatic rings. The van der Waals surface area contributed by atoms with E-state index in [-0.39, 0.29) is 18.6 Å². The van der Waals surface area contributed by atoms with Crippen LogP contribution in [0.4, 0.5) is 0 Å². The summed E-state index contributed by atoms with van der Waals surface area (Å²) in [6.45, 7) is 2.25. The van der Waals surface area contributed by atoms with Gasteiger partial charge in [-0.3, -0.25) is 4.79 Å². The second kappa shape index (κ2) is 7.95. The second-order valence-electron chi connectivity index (χ2n) is 4.67. The zero-order valence-corrected chi connectivity index (χ0v) is 11.5. The van der Waals surface area contributed by atoms with Gasteiger partial charge in [-0.25, -0.2) is 0 Å². The molecule has 1 rings (SSSR count). The van der Waals surface area contributed by atoms with E-state index in [1.807, 2.05) is 6.92 Å². The number of aliphatic hydroxyl groups excluding tert-OH is 1. The Morgan fingerprint density at radius 3 is 2.82 bits per heavy atom. The third kappa shape index (κ3) is 6.29. The summed E-state index contributed by atoms with van der Waals surface area (Å²) in [6.07, 6.45) is 3.14. The Balaban J connectivity index is 2.16. The number of thioether (sulfide) groups is 1. The van der Waals surface area contributed by atoms with E-state index in [4.69, 9.17) is 9.84 Å². The first-order chi connectivity index (χ1) is 8.17. The number of rotatable bonds is 9. The first-order valence-corrected chi connectivity index (χ1v) is 7.35. The zero-order chi connectivity index (χ0) is 12.7. The molecular formula is C12H23NO3S. The van der Waals surface area contributed by atoms with Gasteiger partial charge in [-0.1, -0.05) is 6.92 Å². The van der Waals surface area contributed by atoms with Crippen molar-refractivity contribution < 1.29 is 14.6 Å². The number of esters is 1. The van der Waals surface area contributed by atoms with E-state index in [1.54, 1.807) is 11.8 Å². The van der Waals surface area contributed by atoms with Gasteiger partial charge in [0.15, 0.2) is 0 Å². The maximum Gasteiger partial charge on any atom is 0.322 e. The quantitative estimate of drug-likeness (QED) is 0.479. The van der Waals surface area contributed by atoms with Gasteiger partial charge in [0.05, 0.1) is 7.11 Å². The third-order valence-corrected chi connectivity index (χ3v) is 4.09. The smallest absolute Gasteiger partial charge is 0.322 e. The van der Waals surface area contributed by atoms with Crippen LogP contribution in [-0.2, 0) is 9.53 Å². The van der Waals surface area contributed by atoms with E-state index in [2.05, 4.69) is 5.32 Å². The maximum atomic E-state index is 11.5. The van der Waals surface area contributed by atoms with E-state index in [0.29, 0.717) is 12.0 Å². The van der Waals surface area contributed by atoms with Crippen LogP contribution in [0.3, 0.4) is 0 Å². The average molecular weight is 261 g/mol. The van der Waals surface area contributed by atoms with Crippen molar-refractivity contribution in [3.8, 4) is 0 Å². The van der Waals surface area contributed by atoms with Crippen LogP contribution in [0.2, 0.25) is 0 Å². The number of aliphatic hydroxyl groups is 1. The fourth-order valence-corrected chi connectivity index (χ4v) is 2.56. The van der Waals surface area contributed by atoms with Crippen molar-refractivity contribution in [3.05, 3.63) is 0 Å². The molecule has 0 heterocycles. The van der Waals surface area contributed by atoms with Crippen LogP contribution in [0.15, 0.2) is 0 Å². The Hall–Kier alpha value is -0.260. The van der Waals surface area contributed by atoms with E-state index in [9.17, 15) is 4.79 Å². The van der Waals surface area contributed by atoms with Crippen molar-refractivity contribution in [2.75, 3.05) is 25.2 Å². The topological polar surface area (TPSA) is 58.6 Å². The number of hydrogen-bond donors (Lipinski definition) is 2. The van der Waals surface area contributed by atoms with Crippen LogP contribution in [0.1, 0.15) is 26.2 Å². The summed E-state index contributed by atoms with van der Waals surface area (Å²) in [5.74, 6) is 2.03. The van der Waals surface area contributed by atoms with Gasteiger partial charge in [0, 0.05) is 12.6 Å². The predicted octanol–water partition coefficient (Wildman–Crippen LogP) is 1.03. The summed E-state index contributed by atoms with van der Waals surface area (Å²) >= 11 is 1.78. The standard InChI is InChI=1S/C12H23NO3S/c1-9(7-14)8-17-6-5-11(12(15)16-2)13-10-3-4-10/h9-11,13-14H,3-8H2,1-2H3. The summed E-state index contributed by atoms with van der Waals surface area (Å²) in [6, 6.07) is 0.352. The average Bonchev–Trinajstić information content (AvgIpc) is 3.15. The molecule has 0 aliphatic heterocycles. The van der Waals surface area contributed by atoms with E-state index >= 15 is 0 Å². The summed E-state index contributed by atoms with van der Waals surface area (Å²) < 4.78 is 4.79. The van der Waals surface area contributed by atoms with E-state index in [1.165, 1.54) is 20.0 Å². The van der Waals surface area contributed by atoms with Gasteiger partial charge < -0.3 is 15.2 Å². The van der Waals surface area contributed by atoms with Crippen molar-refractivity contribution in [2.45, 2.75) is 38.3 Å². The summed E-state index contributed by atoms with van der Waals surface area (Å²) in [7, 11) is 1.44. The molecule has 4 nitrogen and oxygen atoms in total. The predicted molar refractivity (Wildman–Crippen MR) is 70.2 cm³/mol. The number of methoxy groups -OCH3 is 1. The maximum absolute atomic E-state index is 11.5. The molecule has 2 atom stereocenters. The zero-order valence-electron chi connectivity index (χ0n) is 10.6. The molecule has 17 heavy (non-hydrogen) atoms. The lowest BCUT2D eigenvalue weighted by molar-refractivity contribution is -0.143. The molecule has 1 saturated carbocycles. The highest BCUT2D eigenvalue weighted by Crippen LogP contribution is 2.21. The monoisotopic (exact) mass is 261 g/mol. The highest BCUT2D eigenvalue weighted by molar-refractivity contribution is 7.99. The van der Waals surface area contributed by atoms with Crippen LogP contribution < -0.4 is 5.32 Å². The molecule has 0 radical (unpaired) electrons. The fraction of sp³-hybridized carbons (Fsp3) is 0.917. The summed E-state index contributed by atoms with van der Waals surface area (Å²) in [5.41, 5.74) is 0. The minimum atomic E-state index is -0.163. The Labute approximate surface area is 107 Å². The molecule has 0 spiro atoms. The molecule has 0 amide bonds. The molecule has 100 valence electrons. The molecular weight excluding hydrogens is 238 g/mol. The van der Waals surface area contributed by atoms with Gasteiger partial charge in [-0.05, 0) is 36.7 Å². The molecule has 0 bridgehead atoms. The molecule has 2 unspecified atom stereocenters. The van der Waals surface area contributed by atoms with E-state index < -0.39 is 0 Å². The minimum Gasteiger partial charge on any atom is -0.468 e. The normalized spacial score (nSPS) is 18.8. The lowest BCUT2D eigenvalue weighted by Gasteiger charge is -2.16. The molecule has 1 aliphatic carbocycles. The molecule has 0 aromatic carbocycles. The van der Waals surface area contributed by atoms with Crippen LogP contribution in [-0.4, -0.2) is 48.4 Å². The number of hydrogen-bond acceptors (Lipinski definition) is 5. The first kappa shape index (κ1) is 14.8. The number of carbonyl (C=O) groups excluding carboxylic acids is 1. The highest BCUT2D eigenvalue weighted by Gasteiger charge is 2.28. The number of carbonyl (C=O) groups is 1. The molecule has 0 saturated heterocycles. The summed E-state index contributed by atoms with van der Waals surface area (Å²) in [4.78, 5) is 11.5. The van der Waals surface area contributed by atoms with Crippen LogP contribution >= 0.6 is 11.8 Å². The highest BCUT2D eigenvalue weighted by atomic mass is 32.2. The van der Waals surface area contributed by atoms with Gasteiger partial charge in [0.2, 0.25) is 0 Å². The van der Waals surface area contributed by atoms with Crippen molar-refractivity contribution in [2.24, 2.45) is 5.92 Å². The number of ether oxygens (including phenoxy) is 1. The Morgan fingerprint density at radius 1 is 1.59 bits per heavy atom. The SMILES string of the molecule is COC(=O)C(CCSCC(C)CO)NC1CC1. The van der Waals surface area contributed by atoms with Crippen molar-refractivity contribution in [3.63, 3.8) is 0 Å².